The van der Waals surface area contributed by atoms with Gasteiger partial charge in [0.1, 0.15) is 11.8 Å². The highest BCUT2D eigenvalue weighted by atomic mass is 32.2. The number of carboxylic acids is 1. The first-order valence-electron chi connectivity index (χ1n) is 7.30. The van der Waals surface area contributed by atoms with Crippen molar-refractivity contribution < 1.29 is 38.7 Å². The Bertz CT molecular complexity index is 625. The molecule has 6 nitrogen and oxygen atoms in total. The SMILES string of the molecule is CSCC[C@H]([NH3+])C(=O)N[C@@H](Cc1ccc(O)c(C(F)(F)F)c1)C(=O)O. The maximum atomic E-state index is 12.8. The number of halogens is 3. The Morgan fingerprint density at radius 1 is 1.36 bits per heavy atom. The fourth-order valence-corrected chi connectivity index (χ4v) is 2.57. The zero-order chi connectivity index (χ0) is 19.2. The van der Waals surface area contributed by atoms with Crippen molar-refractivity contribution in [1.29, 1.82) is 0 Å². The number of hydrogen-bond donors (Lipinski definition) is 4. The van der Waals surface area contributed by atoms with E-state index in [4.69, 9.17) is 0 Å². The van der Waals surface area contributed by atoms with E-state index in [-0.39, 0.29) is 12.0 Å². The Balaban J connectivity index is 2.89. The Kier molecular flexibility index (Phi) is 7.56. The second-order valence-electron chi connectivity index (χ2n) is 5.43. The van der Waals surface area contributed by atoms with E-state index in [0.29, 0.717) is 18.2 Å². The van der Waals surface area contributed by atoms with Gasteiger partial charge in [0.25, 0.3) is 5.91 Å². The van der Waals surface area contributed by atoms with Crippen LogP contribution < -0.4 is 11.1 Å². The Labute approximate surface area is 146 Å². The minimum Gasteiger partial charge on any atom is -0.507 e. The van der Waals surface area contributed by atoms with Crippen molar-refractivity contribution in [2.24, 2.45) is 0 Å². The number of thioether (sulfide) groups is 1. The standard InChI is InChI=1S/C15H19F3N2O4S/c1-25-5-4-10(19)13(22)20-11(14(23)24)7-8-2-3-12(21)9(6-8)15(16,17)18/h2-3,6,10-11,21H,4-5,7,19H2,1H3,(H,20,22)(H,23,24)/p+1/t10-,11-/m0/s1. The molecule has 0 fully saturated rings. The third-order valence-electron chi connectivity index (χ3n) is 3.46. The number of rotatable bonds is 8. The average Bonchev–Trinajstić information content (AvgIpc) is 2.52. The van der Waals surface area contributed by atoms with Crippen molar-refractivity contribution in [3.8, 4) is 5.75 Å². The van der Waals surface area contributed by atoms with Gasteiger partial charge in [0.05, 0.1) is 5.56 Å². The number of benzene rings is 1. The molecule has 0 radical (unpaired) electrons. The van der Waals surface area contributed by atoms with Crippen LogP contribution in [-0.2, 0) is 22.2 Å². The number of alkyl halides is 3. The van der Waals surface area contributed by atoms with Gasteiger partial charge >= 0.3 is 12.1 Å². The summed E-state index contributed by atoms with van der Waals surface area (Å²) in [6, 6.07) is 0.660. The molecule has 0 aliphatic heterocycles. The fourth-order valence-electron chi connectivity index (χ4n) is 2.05. The summed E-state index contributed by atoms with van der Waals surface area (Å²) in [6.45, 7) is 0. The number of aromatic hydroxyl groups is 1. The van der Waals surface area contributed by atoms with Gasteiger partial charge in [0.2, 0.25) is 0 Å². The van der Waals surface area contributed by atoms with E-state index in [1.54, 1.807) is 0 Å². The number of aliphatic carboxylic acids is 1. The summed E-state index contributed by atoms with van der Waals surface area (Å²) < 4.78 is 38.4. The summed E-state index contributed by atoms with van der Waals surface area (Å²) in [5.41, 5.74) is 2.43. The number of carbonyl (C=O) groups excluding carboxylic acids is 1. The molecule has 1 amide bonds. The Morgan fingerprint density at radius 2 is 2.00 bits per heavy atom. The van der Waals surface area contributed by atoms with Crippen molar-refractivity contribution >= 4 is 23.6 Å². The molecule has 0 aliphatic carbocycles. The van der Waals surface area contributed by atoms with E-state index in [1.807, 2.05) is 6.26 Å². The molecule has 0 heterocycles. The highest BCUT2D eigenvalue weighted by molar-refractivity contribution is 7.98. The van der Waals surface area contributed by atoms with Crippen molar-refractivity contribution in [2.45, 2.75) is 31.1 Å². The van der Waals surface area contributed by atoms with E-state index in [1.165, 1.54) is 17.8 Å². The van der Waals surface area contributed by atoms with Crippen LogP contribution in [-0.4, -0.2) is 46.2 Å². The molecule has 0 saturated carbocycles. The van der Waals surface area contributed by atoms with Gasteiger partial charge in [-0.3, -0.25) is 4.79 Å². The van der Waals surface area contributed by atoms with E-state index < -0.39 is 41.4 Å². The summed E-state index contributed by atoms with van der Waals surface area (Å²) in [6.07, 6.45) is -2.80. The number of phenols is 1. The lowest BCUT2D eigenvalue weighted by Gasteiger charge is -2.17. The minimum atomic E-state index is -4.77. The molecule has 10 heteroatoms. The van der Waals surface area contributed by atoms with Gasteiger partial charge < -0.3 is 21.3 Å². The second-order valence-corrected chi connectivity index (χ2v) is 6.42. The van der Waals surface area contributed by atoms with Crippen LogP contribution in [0.5, 0.6) is 5.75 Å². The number of phenolic OH excluding ortho intramolecular Hbond substituents is 1. The van der Waals surface area contributed by atoms with Crippen LogP contribution >= 0.6 is 11.8 Å². The summed E-state index contributed by atoms with van der Waals surface area (Å²) in [5.74, 6) is -2.21. The number of nitrogens with one attached hydrogen (secondary N) is 1. The summed E-state index contributed by atoms with van der Waals surface area (Å²) in [7, 11) is 0. The van der Waals surface area contributed by atoms with Gasteiger partial charge in [-0.05, 0) is 29.7 Å². The predicted octanol–water partition coefficient (Wildman–Crippen LogP) is 0.887. The van der Waals surface area contributed by atoms with Gasteiger partial charge in [-0.2, -0.15) is 24.9 Å². The normalized spacial score (nSPS) is 14.0. The van der Waals surface area contributed by atoms with Crippen LogP contribution in [0.3, 0.4) is 0 Å². The van der Waals surface area contributed by atoms with E-state index in [0.717, 1.165) is 6.07 Å². The molecule has 140 valence electrons. The number of quaternary nitrogens is 1. The lowest BCUT2D eigenvalue weighted by atomic mass is 10.0. The van der Waals surface area contributed by atoms with Crippen molar-refractivity contribution in [1.82, 2.24) is 5.32 Å². The van der Waals surface area contributed by atoms with Crippen LogP contribution in [0.2, 0.25) is 0 Å². The smallest absolute Gasteiger partial charge is 0.419 e. The molecule has 1 aromatic rings. The third-order valence-corrected chi connectivity index (χ3v) is 4.11. The van der Waals surface area contributed by atoms with E-state index in [9.17, 15) is 33.0 Å². The molecule has 25 heavy (non-hydrogen) atoms. The molecular formula is C15H20F3N2O4S+. The number of carbonyl (C=O) groups is 2. The van der Waals surface area contributed by atoms with Crippen LogP contribution in [0.1, 0.15) is 17.5 Å². The zero-order valence-corrected chi connectivity index (χ0v) is 14.3. The first-order chi connectivity index (χ1) is 11.6. The first-order valence-corrected chi connectivity index (χ1v) is 8.70. The lowest BCUT2D eigenvalue weighted by molar-refractivity contribution is -0.404. The number of hydrogen-bond acceptors (Lipinski definition) is 4. The van der Waals surface area contributed by atoms with Crippen molar-refractivity contribution in [3.63, 3.8) is 0 Å². The van der Waals surface area contributed by atoms with Crippen molar-refractivity contribution in [3.05, 3.63) is 29.3 Å². The quantitative estimate of drug-likeness (QED) is 0.534. The fraction of sp³-hybridized carbons (Fsp3) is 0.467. The van der Waals surface area contributed by atoms with E-state index in [2.05, 4.69) is 11.1 Å². The molecule has 0 saturated heterocycles. The maximum absolute atomic E-state index is 12.8. The Hall–Kier alpha value is -1.94. The van der Waals surface area contributed by atoms with E-state index >= 15 is 0 Å². The van der Waals surface area contributed by atoms with Gasteiger partial charge in [-0.25, -0.2) is 4.79 Å². The monoisotopic (exact) mass is 381 g/mol. The highest BCUT2D eigenvalue weighted by Gasteiger charge is 2.34. The second kappa shape index (κ2) is 8.95. The van der Waals surface area contributed by atoms with Gasteiger partial charge in [-0.15, -0.1) is 0 Å². The molecule has 1 rings (SSSR count). The molecule has 0 unspecified atom stereocenters. The summed E-state index contributed by atoms with van der Waals surface area (Å²) in [4.78, 5) is 23.3. The predicted molar refractivity (Wildman–Crippen MR) is 86.1 cm³/mol. The van der Waals surface area contributed by atoms with Crippen molar-refractivity contribution in [2.75, 3.05) is 12.0 Å². The molecular weight excluding hydrogens is 361 g/mol. The largest absolute Gasteiger partial charge is 0.507 e. The van der Waals surface area contributed by atoms with Crippen LogP contribution in [0, 0.1) is 0 Å². The molecule has 6 N–H and O–H groups in total. The molecule has 0 aliphatic rings. The molecule has 0 bridgehead atoms. The number of amides is 1. The van der Waals surface area contributed by atoms with Gasteiger partial charge in [0.15, 0.2) is 6.04 Å². The summed E-state index contributed by atoms with van der Waals surface area (Å²) >= 11 is 1.51. The highest BCUT2D eigenvalue weighted by Crippen LogP contribution is 2.36. The molecule has 1 aromatic carbocycles. The van der Waals surface area contributed by atoms with Crippen LogP contribution in [0.4, 0.5) is 13.2 Å². The third kappa shape index (κ3) is 6.46. The zero-order valence-electron chi connectivity index (χ0n) is 13.5. The molecule has 0 aromatic heterocycles. The minimum absolute atomic E-state index is 0.0301. The van der Waals surface area contributed by atoms with Gasteiger partial charge in [0, 0.05) is 12.8 Å². The van der Waals surface area contributed by atoms with Crippen LogP contribution in [0.15, 0.2) is 18.2 Å². The Morgan fingerprint density at radius 3 is 2.52 bits per heavy atom. The lowest BCUT2D eigenvalue weighted by Crippen LogP contribution is -2.68. The first kappa shape index (κ1) is 21.1. The van der Waals surface area contributed by atoms with Crippen LogP contribution in [0.25, 0.3) is 0 Å². The molecule has 0 spiro atoms. The topological polar surface area (TPSA) is 114 Å². The maximum Gasteiger partial charge on any atom is 0.419 e. The number of carboxylic acid groups (broad SMARTS) is 1. The average molecular weight is 381 g/mol. The molecule has 2 atom stereocenters. The summed E-state index contributed by atoms with van der Waals surface area (Å²) in [5, 5.41) is 20.8. The van der Waals surface area contributed by atoms with Gasteiger partial charge in [-0.1, -0.05) is 6.07 Å².